The Morgan fingerprint density at radius 2 is 1.91 bits per heavy atom. The third-order valence-corrected chi connectivity index (χ3v) is 3.44. The van der Waals surface area contributed by atoms with Crippen molar-refractivity contribution in [1.29, 1.82) is 0 Å². The number of rotatable bonds is 8. The minimum atomic E-state index is -0.0840. The maximum absolute atomic E-state index is 11.9. The molecule has 1 amide bonds. The number of nitrogens with one attached hydrogen (secondary N) is 2. The van der Waals surface area contributed by atoms with Gasteiger partial charge in [0.2, 0.25) is 5.91 Å². The Kier molecular flexibility index (Phi) is 6.58. The van der Waals surface area contributed by atoms with Crippen LogP contribution in [0.2, 0.25) is 0 Å². The molecule has 0 spiro atoms. The molecule has 2 aromatic rings. The molecule has 0 aliphatic rings. The average Bonchev–Trinajstić information content (AvgIpc) is 2.57. The SMILES string of the molecule is CCCCNC(=O)CN[C@H](c1ccccc1)c1ccccn1. The first-order chi connectivity index (χ1) is 10.8. The minimum absolute atomic E-state index is 0.0188. The van der Waals surface area contributed by atoms with Gasteiger partial charge in [0.05, 0.1) is 18.3 Å². The molecule has 0 bridgehead atoms. The Balaban J connectivity index is 2.02. The molecule has 1 atom stereocenters. The summed E-state index contributed by atoms with van der Waals surface area (Å²) in [6, 6.07) is 15.8. The summed E-state index contributed by atoms with van der Waals surface area (Å²) in [6.45, 7) is 3.12. The highest BCUT2D eigenvalue weighted by atomic mass is 16.1. The third-order valence-electron chi connectivity index (χ3n) is 3.44. The van der Waals surface area contributed by atoms with E-state index in [-0.39, 0.29) is 18.5 Å². The summed E-state index contributed by atoms with van der Waals surface area (Å²) >= 11 is 0. The van der Waals surface area contributed by atoms with Crippen molar-refractivity contribution in [1.82, 2.24) is 15.6 Å². The molecule has 4 nitrogen and oxygen atoms in total. The molecule has 22 heavy (non-hydrogen) atoms. The number of aromatic nitrogens is 1. The maximum atomic E-state index is 11.9. The predicted molar refractivity (Wildman–Crippen MR) is 88.4 cm³/mol. The van der Waals surface area contributed by atoms with E-state index >= 15 is 0 Å². The number of hydrogen-bond acceptors (Lipinski definition) is 3. The summed E-state index contributed by atoms with van der Waals surface area (Å²) in [7, 11) is 0. The molecule has 0 unspecified atom stereocenters. The van der Waals surface area contributed by atoms with Crippen LogP contribution in [0.3, 0.4) is 0 Å². The fourth-order valence-corrected chi connectivity index (χ4v) is 2.25. The van der Waals surface area contributed by atoms with Crippen LogP contribution in [0.25, 0.3) is 0 Å². The van der Waals surface area contributed by atoms with Crippen molar-refractivity contribution in [2.45, 2.75) is 25.8 Å². The van der Waals surface area contributed by atoms with Crippen LogP contribution in [0.1, 0.15) is 37.1 Å². The number of hydrogen-bond donors (Lipinski definition) is 2. The summed E-state index contributed by atoms with van der Waals surface area (Å²) in [4.78, 5) is 16.3. The maximum Gasteiger partial charge on any atom is 0.233 e. The lowest BCUT2D eigenvalue weighted by Crippen LogP contribution is -2.36. The van der Waals surface area contributed by atoms with Crippen molar-refractivity contribution in [2.24, 2.45) is 0 Å². The Bertz CT molecular complexity index is 518. The van der Waals surface area contributed by atoms with Gasteiger partial charge in [-0.25, -0.2) is 0 Å². The molecule has 0 radical (unpaired) electrons. The quantitative estimate of drug-likeness (QED) is 0.737. The summed E-state index contributed by atoms with van der Waals surface area (Å²) in [5.41, 5.74) is 2.01. The second-order valence-electron chi connectivity index (χ2n) is 5.18. The van der Waals surface area contributed by atoms with Crippen molar-refractivity contribution >= 4 is 5.91 Å². The molecular weight excluding hydrogens is 274 g/mol. The van der Waals surface area contributed by atoms with E-state index in [1.54, 1.807) is 6.20 Å². The molecule has 0 fully saturated rings. The van der Waals surface area contributed by atoms with Gasteiger partial charge in [0.15, 0.2) is 0 Å². The summed E-state index contributed by atoms with van der Waals surface area (Å²) in [5, 5.41) is 6.22. The first-order valence-corrected chi connectivity index (χ1v) is 7.77. The van der Waals surface area contributed by atoms with E-state index in [9.17, 15) is 4.79 Å². The Labute approximate surface area is 132 Å². The first-order valence-electron chi connectivity index (χ1n) is 7.77. The van der Waals surface area contributed by atoms with Crippen LogP contribution in [0.4, 0.5) is 0 Å². The van der Waals surface area contributed by atoms with Gasteiger partial charge in [0, 0.05) is 12.7 Å². The average molecular weight is 297 g/mol. The topological polar surface area (TPSA) is 54.0 Å². The lowest BCUT2D eigenvalue weighted by atomic mass is 10.0. The Morgan fingerprint density at radius 1 is 1.14 bits per heavy atom. The zero-order valence-corrected chi connectivity index (χ0v) is 13.0. The Morgan fingerprint density at radius 3 is 2.59 bits per heavy atom. The summed E-state index contributed by atoms with van der Waals surface area (Å²) in [5.74, 6) is 0.0188. The number of pyridine rings is 1. The number of amides is 1. The Hall–Kier alpha value is -2.20. The molecule has 2 N–H and O–H groups in total. The number of carbonyl (C=O) groups excluding carboxylic acids is 1. The first kappa shape index (κ1) is 16.2. The number of benzene rings is 1. The van der Waals surface area contributed by atoms with Crippen LogP contribution in [-0.2, 0) is 4.79 Å². The highest BCUT2D eigenvalue weighted by Crippen LogP contribution is 2.19. The van der Waals surface area contributed by atoms with Crippen LogP contribution in [0.5, 0.6) is 0 Å². The van der Waals surface area contributed by atoms with Gasteiger partial charge in [0.1, 0.15) is 0 Å². The molecule has 0 aliphatic heterocycles. The standard InChI is InChI=1S/C18H23N3O/c1-2-3-12-20-17(22)14-21-18(15-9-5-4-6-10-15)16-11-7-8-13-19-16/h4-11,13,18,21H,2-3,12,14H2,1H3,(H,20,22)/t18-/m1/s1. The van der Waals surface area contributed by atoms with E-state index in [1.165, 1.54) is 0 Å². The second kappa shape index (κ2) is 8.95. The zero-order chi connectivity index (χ0) is 15.6. The molecule has 1 heterocycles. The van der Waals surface area contributed by atoms with Crippen LogP contribution < -0.4 is 10.6 Å². The highest BCUT2D eigenvalue weighted by molar-refractivity contribution is 5.78. The van der Waals surface area contributed by atoms with E-state index in [0.717, 1.165) is 30.6 Å². The van der Waals surface area contributed by atoms with E-state index in [4.69, 9.17) is 0 Å². The molecule has 1 aromatic heterocycles. The largest absolute Gasteiger partial charge is 0.355 e. The smallest absolute Gasteiger partial charge is 0.233 e. The van der Waals surface area contributed by atoms with Gasteiger partial charge in [-0.1, -0.05) is 49.7 Å². The predicted octanol–water partition coefficient (Wildman–Crippen LogP) is 2.68. The zero-order valence-electron chi connectivity index (χ0n) is 13.0. The van der Waals surface area contributed by atoms with Crippen LogP contribution in [0, 0.1) is 0 Å². The van der Waals surface area contributed by atoms with Gasteiger partial charge < -0.3 is 5.32 Å². The highest BCUT2D eigenvalue weighted by Gasteiger charge is 2.15. The summed E-state index contributed by atoms with van der Waals surface area (Å²) < 4.78 is 0. The van der Waals surface area contributed by atoms with Crippen LogP contribution in [-0.4, -0.2) is 24.0 Å². The fraction of sp³-hybridized carbons (Fsp3) is 0.333. The monoisotopic (exact) mass is 297 g/mol. The van der Waals surface area contributed by atoms with Crippen molar-refractivity contribution in [2.75, 3.05) is 13.1 Å². The molecular formula is C18H23N3O. The van der Waals surface area contributed by atoms with E-state index in [0.29, 0.717) is 0 Å². The molecule has 116 valence electrons. The molecule has 0 aliphatic carbocycles. The van der Waals surface area contributed by atoms with Gasteiger partial charge in [-0.15, -0.1) is 0 Å². The third kappa shape index (κ3) is 4.97. The number of nitrogens with zero attached hydrogens (tertiary/aromatic N) is 1. The van der Waals surface area contributed by atoms with Crippen molar-refractivity contribution < 1.29 is 4.79 Å². The molecule has 2 rings (SSSR count). The van der Waals surface area contributed by atoms with Crippen LogP contribution >= 0.6 is 0 Å². The van der Waals surface area contributed by atoms with Crippen molar-refractivity contribution in [3.8, 4) is 0 Å². The van der Waals surface area contributed by atoms with Crippen molar-refractivity contribution in [3.63, 3.8) is 0 Å². The number of carbonyl (C=O) groups is 1. The van der Waals surface area contributed by atoms with Gasteiger partial charge in [-0.05, 0) is 24.1 Å². The molecule has 0 saturated carbocycles. The lowest BCUT2D eigenvalue weighted by molar-refractivity contribution is -0.120. The van der Waals surface area contributed by atoms with Crippen LogP contribution in [0.15, 0.2) is 54.7 Å². The van der Waals surface area contributed by atoms with E-state index in [2.05, 4.69) is 22.5 Å². The fourth-order valence-electron chi connectivity index (χ4n) is 2.25. The second-order valence-corrected chi connectivity index (χ2v) is 5.18. The molecule has 0 saturated heterocycles. The van der Waals surface area contributed by atoms with Gasteiger partial charge >= 0.3 is 0 Å². The van der Waals surface area contributed by atoms with Gasteiger partial charge in [-0.3, -0.25) is 15.1 Å². The molecule has 1 aromatic carbocycles. The van der Waals surface area contributed by atoms with Gasteiger partial charge in [-0.2, -0.15) is 0 Å². The summed E-state index contributed by atoms with van der Waals surface area (Å²) in [6.07, 6.45) is 3.86. The van der Waals surface area contributed by atoms with Gasteiger partial charge in [0.25, 0.3) is 0 Å². The number of unbranched alkanes of at least 4 members (excludes halogenated alkanes) is 1. The minimum Gasteiger partial charge on any atom is -0.355 e. The normalized spacial score (nSPS) is 11.9. The van der Waals surface area contributed by atoms with Crippen molar-refractivity contribution in [3.05, 3.63) is 66.0 Å². The van der Waals surface area contributed by atoms with E-state index in [1.807, 2.05) is 48.5 Å². The lowest BCUT2D eigenvalue weighted by Gasteiger charge is -2.18. The van der Waals surface area contributed by atoms with E-state index < -0.39 is 0 Å². The molecule has 4 heteroatoms.